The fourth-order valence-electron chi connectivity index (χ4n) is 3.10. The molecule has 4 aromatic rings. The highest BCUT2D eigenvalue weighted by Crippen LogP contribution is 2.37. The van der Waals surface area contributed by atoms with Crippen LogP contribution < -0.4 is 25.1 Å². The predicted molar refractivity (Wildman–Crippen MR) is 129 cm³/mol. The summed E-state index contributed by atoms with van der Waals surface area (Å²) in [6, 6.07) is 12.1. The molecule has 2 N–H and O–H groups in total. The number of carbonyl (C=O) groups is 2. The molecule has 10 nitrogen and oxygen atoms in total. The van der Waals surface area contributed by atoms with E-state index >= 15 is 0 Å². The number of ether oxygens (including phenoxy) is 3. The van der Waals surface area contributed by atoms with Crippen LogP contribution in [0.3, 0.4) is 0 Å². The minimum Gasteiger partial charge on any atom is -0.497 e. The summed E-state index contributed by atoms with van der Waals surface area (Å²) < 4.78 is 17.8. The first-order chi connectivity index (χ1) is 16.5. The van der Waals surface area contributed by atoms with E-state index in [1.54, 1.807) is 45.6 Å². The Hall–Kier alpha value is -3.77. The Balaban J connectivity index is 1.44. The molecule has 0 saturated carbocycles. The van der Waals surface area contributed by atoms with Crippen molar-refractivity contribution >= 4 is 39.9 Å². The highest BCUT2D eigenvalue weighted by atomic mass is 32.2. The van der Waals surface area contributed by atoms with Crippen LogP contribution in [0.2, 0.25) is 0 Å². The molecular formula is C22H21N5O5S2. The standard InChI is InChI=1S/C22H21N5O5S2/c1-30-14-6-4-13(5-7-14)20(29)24-23-19(28)12-34-22-26-25-21-27(22)17(11-33-21)16-10-15(31-2)8-9-18(16)32-3/h4-11H,12H2,1-3H3,(H,23,28)(H,24,29). The van der Waals surface area contributed by atoms with Gasteiger partial charge in [-0.25, -0.2) is 0 Å². The molecule has 0 atom stereocenters. The number of rotatable bonds is 8. The molecule has 12 heteroatoms. The summed E-state index contributed by atoms with van der Waals surface area (Å²) in [7, 11) is 4.74. The lowest BCUT2D eigenvalue weighted by molar-refractivity contribution is -0.119. The molecule has 0 aliphatic rings. The summed E-state index contributed by atoms with van der Waals surface area (Å²) in [6.07, 6.45) is 0. The van der Waals surface area contributed by atoms with Gasteiger partial charge in [0.05, 0.1) is 32.8 Å². The normalized spacial score (nSPS) is 10.7. The van der Waals surface area contributed by atoms with Gasteiger partial charge in [0.1, 0.15) is 17.2 Å². The molecule has 34 heavy (non-hydrogen) atoms. The molecular weight excluding hydrogens is 478 g/mol. The van der Waals surface area contributed by atoms with Crippen LogP contribution in [0.15, 0.2) is 53.0 Å². The zero-order valence-corrected chi connectivity index (χ0v) is 20.2. The second-order valence-electron chi connectivity index (χ2n) is 6.81. The minimum atomic E-state index is -0.434. The molecule has 0 unspecified atom stereocenters. The maximum atomic E-state index is 12.3. The van der Waals surface area contributed by atoms with E-state index in [4.69, 9.17) is 14.2 Å². The number of amides is 2. The monoisotopic (exact) mass is 499 g/mol. The van der Waals surface area contributed by atoms with Crippen LogP contribution in [0.1, 0.15) is 10.4 Å². The van der Waals surface area contributed by atoms with Gasteiger partial charge in [-0.2, -0.15) is 0 Å². The van der Waals surface area contributed by atoms with Crippen molar-refractivity contribution in [2.45, 2.75) is 5.16 Å². The van der Waals surface area contributed by atoms with Crippen molar-refractivity contribution in [1.82, 2.24) is 25.4 Å². The molecule has 2 amide bonds. The van der Waals surface area contributed by atoms with Gasteiger partial charge >= 0.3 is 0 Å². The van der Waals surface area contributed by atoms with Crippen molar-refractivity contribution in [1.29, 1.82) is 0 Å². The summed E-state index contributed by atoms with van der Waals surface area (Å²) in [5.41, 5.74) is 6.83. The zero-order chi connectivity index (χ0) is 24.1. The first-order valence-electron chi connectivity index (χ1n) is 9.95. The number of thioether (sulfide) groups is 1. The van der Waals surface area contributed by atoms with E-state index in [1.165, 1.54) is 23.1 Å². The van der Waals surface area contributed by atoms with Gasteiger partial charge in [0.15, 0.2) is 5.16 Å². The van der Waals surface area contributed by atoms with Gasteiger partial charge < -0.3 is 14.2 Å². The number of carbonyl (C=O) groups excluding carboxylic acids is 2. The van der Waals surface area contributed by atoms with E-state index in [1.807, 2.05) is 28.0 Å². The van der Waals surface area contributed by atoms with E-state index in [9.17, 15) is 9.59 Å². The lowest BCUT2D eigenvalue weighted by Gasteiger charge is -2.10. The average molecular weight is 500 g/mol. The summed E-state index contributed by atoms with van der Waals surface area (Å²) in [6.45, 7) is 0. The third-order valence-electron chi connectivity index (χ3n) is 4.80. The number of hydrogen-bond donors (Lipinski definition) is 2. The number of thiazole rings is 1. The Morgan fingerprint density at radius 1 is 0.971 bits per heavy atom. The van der Waals surface area contributed by atoms with E-state index in [0.29, 0.717) is 32.9 Å². The van der Waals surface area contributed by atoms with Gasteiger partial charge in [-0.15, -0.1) is 21.5 Å². The summed E-state index contributed by atoms with van der Waals surface area (Å²) in [5, 5.41) is 10.9. The molecule has 0 bridgehead atoms. The molecule has 0 aliphatic carbocycles. The van der Waals surface area contributed by atoms with E-state index in [-0.39, 0.29) is 11.7 Å². The third kappa shape index (κ3) is 4.92. The van der Waals surface area contributed by atoms with Crippen molar-refractivity contribution in [3.8, 4) is 28.5 Å². The van der Waals surface area contributed by atoms with E-state index < -0.39 is 5.91 Å². The smallest absolute Gasteiger partial charge is 0.269 e. The maximum absolute atomic E-state index is 12.3. The molecule has 2 aromatic carbocycles. The highest BCUT2D eigenvalue weighted by molar-refractivity contribution is 7.99. The maximum Gasteiger partial charge on any atom is 0.269 e. The molecule has 2 aromatic heterocycles. The van der Waals surface area contributed by atoms with E-state index in [0.717, 1.165) is 11.3 Å². The zero-order valence-electron chi connectivity index (χ0n) is 18.5. The number of nitrogens with one attached hydrogen (secondary N) is 2. The lowest BCUT2D eigenvalue weighted by Crippen LogP contribution is -2.42. The fourth-order valence-corrected chi connectivity index (χ4v) is 4.73. The van der Waals surface area contributed by atoms with Gasteiger partial charge in [0.2, 0.25) is 10.9 Å². The first-order valence-corrected chi connectivity index (χ1v) is 11.8. The number of benzene rings is 2. The van der Waals surface area contributed by atoms with Gasteiger partial charge in [-0.1, -0.05) is 11.8 Å². The minimum absolute atomic E-state index is 0.0220. The number of aromatic nitrogens is 3. The van der Waals surface area contributed by atoms with Crippen LogP contribution in [0.5, 0.6) is 17.2 Å². The Morgan fingerprint density at radius 2 is 1.71 bits per heavy atom. The van der Waals surface area contributed by atoms with Gasteiger partial charge in [0, 0.05) is 16.5 Å². The topological polar surface area (TPSA) is 116 Å². The molecule has 176 valence electrons. The van der Waals surface area contributed by atoms with Crippen molar-refractivity contribution in [2.24, 2.45) is 0 Å². The predicted octanol–water partition coefficient (Wildman–Crippen LogP) is 3.04. The second-order valence-corrected chi connectivity index (χ2v) is 8.59. The van der Waals surface area contributed by atoms with Gasteiger partial charge in [-0.05, 0) is 42.5 Å². The van der Waals surface area contributed by atoms with Crippen molar-refractivity contribution in [3.05, 3.63) is 53.4 Å². The van der Waals surface area contributed by atoms with Crippen molar-refractivity contribution in [3.63, 3.8) is 0 Å². The van der Waals surface area contributed by atoms with E-state index in [2.05, 4.69) is 21.0 Å². The SMILES string of the molecule is COc1ccc(C(=O)NNC(=O)CSc2nnc3scc(-c4cc(OC)ccc4OC)n23)cc1. The highest BCUT2D eigenvalue weighted by Gasteiger charge is 2.18. The number of methoxy groups -OCH3 is 3. The first kappa shape index (κ1) is 23.4. The lowest BCUT2D eigenvalue weighted by atomic mass is 10.1. The Morgan fingerprint density at radius 3 is 2.41 bits per heavy atom. The molecule has 0 radical (unpaired) electrons. The van der Waals surface area contributed by atoms with Crippen LogP contribution in [-0.4, -0.2) is 53.5 Å². The Bertz CT molecular complexity index is 1320. The van der Waals surface area contributed by atoms with Crippen LogP contribution >= 0.6 is 23.1 Å². The average Bonchev–Trinajstić information content (AvgIpc) is 3.48. The number of fused-ring (bicyclic) bond motifs is 1. The van der Waals surface area contributed by atoms with Crippen LogP contribution in [0.25, 0.3) is 16.2 Å². The van der Waals surface area contributed by atoms with Gasteiger partial charge in [0.25, 0.3) is 5.91 Å². The van der Waals surface area contributed by atoms with Crippen molar-refractivity contribution < 1.29 is 23.8 Å². The molecule has 2 heterocycles. The fraction of sp³-hybridized carbons (Fsp3) is 0.182. The van der Waals surface area contributed by atoms with Crippen molar-refractivity contribution in [2.75, 3.05) is 27.1 Å². The Kier molecular flexibility index (Phi) is 7.18. The Labute approximate surface area is 203 Å². The summed E-state index contributed by atoms with van der Waals surface area (Å²) in [4.78, 5) is 25.2. The summed E-state index contributed by atoms with van der Waals surface area (Å²) >= 11 is 2.62. The molecule has 0 saturated heterocycles. The molecule has 0 fully saturated rings. The number of hydrazine groups is 1. The molecule has 4 rings (SSSR count). The van der Waals surface area contributed by atoms with Crippen LogP contribution in [0.4, 0.5) is 0 Å². The van der Waals surface area contributed by atoms with Crippen LogP contribution in [0, 0.1) is 0 Å². The molecule has 0 aliphatic heterocycles. The number of nitrogens with zero attached hydrogens (tertiary/aromatic N) is 3. The quantitative estimate of drug-likeness (QED) is 0.281. The number of hydrogen-bond acceptors (Lipinski definition) is 9. The largest absolute Gasteiger partial charge is 0.497 e. The second kappa shape index (κ2) is 10.4. The van der Waals surface area contributed by atoms with Gasteiger partial charge in [-0.3, -0.25) is 24.8 Å². The molecule has 0 spiro atoms. The third-order valence-corrected chi connectivity index (χ3v) is 6.55. The summed E-state index contributed by atoms with van der Waals surface area (Å²) in [5.74, 6) is 1.19. The van der Waals surface area contributed by atoms with Crippen LogP contribution in [-0.2, 0) is 4.79 Å².